The zero-order valence-corrected chi connectivity index (χ0v) is 16.5. The molecule has 2 aromatic carbocycles. The highest BCUT2D eigenvalue weighted by molar-refractivity contribution is 6.31. The molecule has 0 saturated carbocycles. The molecule has 9 heteroatoms. The van der Waals surface area contributed by atoms with Gasteiger partial charge in [-0.2, -0.15) is 13.2 Å². The SMILES string of the molecule is FC(F)(F)c1ccc(-c2cn(CCCNc3ccnc4cc(Cl)ccc34)nn2)cc1. The third kappa shape index (κ3) is 4.54. The summed E-state index contributed by atoms with van der Waals surface area (Å²) in [5, 5.41) is 13.1. The molecule has 0 fully saturated rings. The minimum absolute atomic E-state index is 0.536. The minimum atomic E-state index is -4.35. The van der Waals surface area contributed by atoms with Crippen LogP contribution in [0, 0.1) is 0 Å². The lowest BCUT2D eigenvalue weighted by Gasteiger charge is -2.09. The number of fused-ring (bicyclic) bond motifs is 1. The summed E-state index contributed by atoms with van der Waals surface area (Å²) in [7, 11) is 0. The summed E-state index contributed by atoms with van der Waals surface area (Å²) in [4.78, 5) is 4.32. The Kier molecular flexibility index (Phi) is 5.59. The Balaban J connectivity index is 1.34. The molecule has 0 radical (unpaired) electrons. The number of aryl methyl sites for hydroxylation is 1. The first-order valence-corrected chi connectivity index (χ1v) is 9.64. The quantitative estimate of drug-likeness (QED) is 0.400. The van der Waals surface area contributed by atoms with E-state index in [9.17, 15) is 13.2 Å². The molecule has 2 aromatic heterocycles. The Morgan fingerprint density at radius 1 is 1.03 bits per heavy atom. The molecule has 1 N–H and O–H groups in total. The van der Waals surface area contributed by atoms with E-state index in [1.54, 1.807) is 17.1 Å². The van der Waals surface area contributed by atoms with Gasteiger partial charge in [-0.3, -0.25) is 9.67 Å². The summed E-state index contributed by atoms with van der Waals surface area (Å²) < 4.78 is 39.7. The molecule has 0 aliphatic rings. The van der Waals surface area contributed by atoms with Gasteiger partial charge in [-0.05, 0) is 42.8 Å². The van der Waals surface area contributed by atoms with Crippen molar-refractivity contribution in [1.82, 2.24) is 20.0 Å². The maximum atomic E-state index is 12.7. The lowest BCUT2D eigenvalue weighted by Crippen LogP contribution is -2.07. The number of rotatable bonds is 6. The molecule has 0 unspecified atom stereocenters. The van der Waals surface area contributed by atoms with Crippen LogP contribution in [0.15, 0.2) is 60.9 Å². The highest BCUT2D eigenvalue weighted by Crippen LogP contribution is 2.30. The Bertz CT molecular complexity index is 1160. The highest BCUT2D eigenvalue weighted by atomic mass is 35.5. The number of aromatic nitrogens is 4. The van der Waals surface area contributed by atoms with E-state index in [4.69, 9.17) is 11.6 Å². The lowest BCUT2D eigenvalue weighted by atomic mass is 10.1. The van der Waals surface area contributed by atoms with Gasteiger partial charge < -0.3 is 5.32 Å². The van der Waals surface area contributed by atoms with Crippen LogP contribution in [0.5, 0.6) is 0 Å². The van der Waals surface area contributed by atoms with Gasteiger partial charge in [0.15, 0.2) is 0 Å². The molecule has 0 atom stereocenters. The molecule has 5 nitrogen and oxygen atoms in total. The number of pyridine rings is 1. The molecule has 2 heterocycles. The van der Waals surface area contributed by atoms with Crippen LogP contribution in [0.3, 0.4) is 0 Å². The molecule has 0 saturated heterocycles. The van der Waals surface area contributed by atoms with Crippen molar-refractivity contribution in [3.8, 4) is 11.3 Å². The fourth-order valence-corrected chi connectivity index (χ4v) is 3.28. The number of hydrogen-bond donors (Lipinski definition) is 1. The molecule has 4 rings (SSSR count). The van der Waals surface area contributed by atoms with E-state index in [0.717, 1.165) is 35.1 Å². The Hall–Kier alpha value is -3.13. The fourth-order valence-electron chi connectivity index (χ4n) is 3.11. The van der Waals surface area contributed by atoms with Gasteiger partial charge in [0.2, 0.25) is 0 Å². The van der Waals surface area contributed by atoms with Crippen LogP contribution in [-0.4, -0.2) is 26.5 Å². The van der Waals surface area contributed by atoms with E-state index in [1.165, 1.54) is 12.1 Å². The molecule has 4 aromatic rings. The second kappa shape index (κ2) is 8.31. The first-order chi connectivity index (χ1) is 14.4. The Labute approximate surface area is 175 Å². The second-order valence-corrected chi connectivity index (χ2v) is 7.18. The van der Waals surface area contributed by atoms with Crippen molar-refractivity contribution < 1.29 is 13.2 Å². The summed E-state index contributed by atoms with van der Waals surface area (Å²) >= 11 is 6.01. The van der Waals surface area contributed by atoms with Crippen molar-refractivity contribution in [2.24, 2.45) is 0 Å². The van der Waals surface area contributed by atoms with Crippen LogP contribution in [0.1, 0.15) is 12.0 Å². The zero-order chi connectivity index (χ0) is 21.1. The van der Waals surface area contributed by atoms with Gasteiger partial charge in [0, 0.05) is 40.9 Å². The Morgan fingerprint density at radius 2 is 1.83 bits per heavy atom. The molecular weight excluding hydrogens is 415 g/mol. The van der Waals surface area contributed by atoms with E-state index in [0.29, 0.717) is 29.4 Å². The monoisotopic (exact) mass is 431 g/mol. The smallest absolute Gasteiger partial charge is 0.384 e. The van der Waals surface area contributed by atoms with E-state index >= 15 is 0 Å². The third-order valence-corrected chi connectivity index (χ3v) is 4.87. The maximum absolute atomic E-state index is 12.7. The van der Waals surface area contributed by atoms with Gasteiger partial charge in [-0.25, -0.2) is 0 Å². The van der Waals surface area contributed by atoms with Crippen LogP contribution in [0.25, 0.3) is 22.2 Å². The highest BCUT2D eigenvalue weighted by Gasteiger charge is 2.30. The number of nitrogens with zero attached hydrogens (tertiary/aromatic N) is 4. The van der Waals surface area contributed by atoms with Crippen LogP contribution < -0.4 is 5.32 Å². The number of alkyl halides is 3. The van der Waals surface area contributed by atoms with Crippen LogP contribution >= 0.6 is 11.6 Å². The van der Waals surface area contributed by atoms with Crippen LogP contribution in [-0.2, 0) is 12.7 Å². The van der Waals surface area contributed by atoms with Crippen molar-refractivity contribution in [2.45, 2.75) is 19.1 Å². The first-order valence-electron chi connectivity index (χ1n) is 9.26. The van der Waals surface area contributed by atoms with E-state index < -0.39 is 11.7 Å². The lowest BCUT2D eigenvalue weighted by molar-refractivity contribution is -0.137. The molecule has 154 valence electrons. The number of hydrogen-bond acceptors (Lipinski definition) is 4. The van der Waals surface area contributed by atoms with Gasteiger partial charge in [0.1, 0.15) is 5.69 Å². The topological polar surface area (TPSA) is 55.6 Å². The predicted molar refractivity (Wildman–Crippen MR) is 110 cm³/mol. The van der Waals surface area contributed by atoms with Crippen molar-refractivity contribution in [2.75, 3.05) is 11.9 Å². The number of anilines is 1. The van der Waals surface area contributed by atoms with Crippen LogP contribution in [0.2, 0.25) is 5.02 Å². The van der Waals surface area contributed by atoms with Gasteiger partial charge in [-0.15, -0.1) is 5.10 Å². The molecule has 0 amide bonds. The molecule has 0 spiro atoms. The molecule has 30 heavy (non-hydrogen) atoms. The first kappa shape index (κ1) is 20.2. The number of benzene rings is 2. The predicted octanol–water partition coefficient (Wildman–Crippen LogP) is 5.67. The molecule has 0 aliphatic heterocycles. The van der Waals surface area contributed by atoms with Gasteiger partial charge >= 0.3 is 6.18 Å². The third-order valence-electron chi connectivity index (χ3n) is 4.63. The van der Waals surface area contributed by atoms with Crippen molar-refractivity contribution in [3.05, 3.63) is 71.5 Å². The largest absolute Gasteiger partial charge is 0.416 e. The summed E-state index contributed by atoms with van der Waals surface area (Å²) in [5.41, 5.74) is 2.24. The standard InChI is InChI=1S/C21H17ClF3N5/c22-16-6-7-17-18(8-10-27-19(17)12-16)26-9-1-11-30-13-20(28-29-30)14-2-4-15(5-3-14)21(23,24)25/h2-8,10,12-13H,1,9,11H2,(H,26,27). The number of nitrogens with one attached hydrogen (secondary N) is 1. The second-order valence-electron chi connectivity index (χ2n) is 6.74. The number of halogens is 4. The van der Waals surface area contributed by atoms with E-state index in [-0.39, 0.29) is 0 Å². The average molecular weight is 432 g/mol. The average Bonchev–Trinajstić information content (AvgIpc) is 3.19. The van der Waals surface area contributed by atoms with Crippen molar-refractivity contribution in [3.63, 3.8) is 0 Å². The van der Waals surface area contributed by atoms with Gasteiger partial charge in [-0.1, -0.05) is 28.9 Å². The van der Waals surface area contributed by atoms with Gasteiger partial charge in [0.05, 0.1) is 17.3 Å². The Morgan fingerprint density at radius 3 is 2.60 bits per heavy atom. The summed E-state index contributed by atoms with van der Waals surface area (Å²) in [5.74, 6) is 0. The maximum Gasteiger partial charge on any atom is 0.416 e. The van der Waals surface area contributed by atoms with E-state index in [1.807, 2.05) is 24.3 Å². The summed E-state index contributed by atoms with van der Waals surface area (Å²) in [6, 6.07) is 12.4. The normalized spacial score (nSPS) is 11.7. The fraction of sp³-hybridized carbons (Fsp3) is 0.190. The zero-order valence-electron chi connectivity index (χ0n) is 15.7. The van der Waals surface area contributed by atoms with Crippen molar-refractivity contribution in [1.29, 1.82) is 0 Å². The molecule has 0 bridgehead atoms. The van der Waals surface area contributed by atoms with Crippen LogP contribution in [0.4, 0.5) is 18.9 Å². The molecule has 0 aliphatic carbocycles. The minimum Gasteiger partial charge on any atom is -0.384 e. The van der Waals surface area contributed by atoms with Crippen molar-refractivity contribution >= 4 is 28.2 Å². The summed E-state index contributed by atoms with van der Waals surface area (Å²) in [6.45, 7) is 1.33. The van der Waals surface area contributed by atoms with E-state index in [2.05, 4.69) is 20.6 Å². The summed E-state index contributed by atoms with van der Waals surface area (Å²) in [6.07, 6.45) is -0.107. The van der Waals surface area contributed by atoms with Gasteiger partial charge in [0.25, 0.3) is 0 Å². The molecular formula is C21H17ClF3N5.